The van der Waals surface area contributed by atoms with Crippen molar-refractivity contribution in [3.05, 3.63) is 0 Å². The molecule has 1 heterocycles. The van der Waals surface area contributed by atoms with Crippen LogP contribution in [-0.2, 0) is 0 Å². The highest BCUT2D eigenvalue weighted by Gasteiger charge is 2.43. The lowest BCUT2D eigenvalue weighted by Gasteiger charge is -2.34. The summed E-state index contributed by atoms with van der Waals surface area (Å²) < 4.78 is 13.4. The molecule has 1 saturated carbocycles. The molecule has 2 aliphatic rings. The first-order valence-electron chi connectivity index (χ1n) is 4.68. The molecule has 1 nitrogen and oxygen atoms in total. The van der Waals surface area contributed by atoms with Crippen LogP contribution >= 0.6 is 0 Å². The summed E-state index contributed by atoms with van der Waals surface area (Å²) in [7, 11) is 0. The van der Waals surface area contributed by atoms with Gasteiger partial charge in [0.15, 0.2) is 0 Å². The van der Waals surface area contributed by atoms with E-state index in [1.54, 1.807) is 0 Å². The second-order valence-corrected chi connectivity index (χ2v) is 4.02. The number of hydrogen-bond donors (Lipinski definition) is 1. The molecule has 1 aliphatic heterocycles. The van der Waals surface area contributed by atoms with Crippen LogP contribution in [0.5, 0.6) is 0 Å². The smallest absolute Gasteiger partial charge is 0.119 e. The van der Waals surface area contributed by atoms with Gasteiger partial charge in [-0.2, -0.15) is 0 Å². The van der Waals surface area contributed by atoms with Gasteiger partial charge in [-0.1, -0.05) is 19.3 Å². The third-order valence-electron chi connectivity index (χ3n) is 3.31. The molecule has 64 valence electrons. The van der Waals surface area contributed by atoms with Gasteiger partial charge in [0, 0.05) is 18.5 Å². The number of alkyl halides is 1. The summed E-state index contributed by atoms with van der Waals surface area (Å²) in [6, 6.07) is 0. The fourth-order valence-electron chi connectivity index (χ4n) is 2.52. The summed E-state index contributed by atoms with van der Waals surface area (Å²) in [5.74, 6) is 0. The molecule has 1 aliphatic carbocycles. The second kappa shape index (κ2) is 2.74. The summed E-state index contributed by atoms with van der Waals surface area (Å²) in [4.78, 5) is 0. The minimum Gasteiger partial charge on any atom is -0.313 e. The first kappa shape index (κ1) is 7.53. The topological polar surface area (TPSA) is 12.0 Å². The number of nitrogens with one attached hydrogen (secondary N) is 1. The Morgan fingerprint density at radius 1 is 1.18 bits per heavy atom. The summed E-state index contributed by atoms with van der Waals surface area (Å²) >= 11 is 0. The van der Waals surface area contributed by atoms with Crippen LogP contribution in [0.2, 0.25) is 0 Å². The number of halogens is 1. The molecule has 11 heavy (non-hydrogen) atoms. The maximum absolute atomic E-state index is 13.4. The van der Waals surface area contributed by atoms with Crippen LogP contribution in [0.1, 0.15) is 32.1 Å². The Labute approximate surface area is 67.4 Å². The van der Waals surface area contributed by atoms with E-state index in [0.29, 0.717) is 6.54 Å². The molecule has 1 spiro atoms. The average molecular weight is 157 g/mol. The van der Waals surface area contributed by atoms with Crippen molar-refractivity contribution in [3.63, 3.8) is 0 Å². The highest BCUT2D eigenvalue weighted by molar-refractivity contribution is 4.96. The second-order valence-electron chi connectivity index (χ2n) is 4.02. The Morgan fingerprint density at radius 2 is 1.91 bits per heavy atom. The first-order valence-corrected chi connectivity index (χ1v) is 4.68. The Kier molecular flexibility index (Phi) is 1.88. The van der Waals surface area contributed by atoms with E-state index in [2.05, 4.69) is 5.32 Å². The molecule has 1 N–H and O–H groups in total. The SMILES string of the molecule is FC1CNCC12CCCCC2. The van der Waals surface area contributed by atoms with Gasteiger partial charge in [-0.25, -0.2) is 4.39 Å². The van der Waals surface area contributed by atoms with Crippen LogP contribution in [0.3, 0.4) is 0 Å². The van der Waals surface area contributed by atoms with Crippen molar-refractivity contribution < 1.29 is 4.39 Å². The zero-order valence-electron chi connectivity index (χ0n) is 6.91. The van der Waals surface area contributed by atoms with Crippen LogP contribution < -0.4 is 5.32 Å². The van der Waals surface area contributed by atoms with E-state index < -0.39 is 6.17 Å². The Bertz CT molecular complexity index is 140. The predicted molar refractivity (Wildman–Crippen MR) is 43.3 cm³/mol. The van der Waals surface area contributed by atoms with Gasteiger partial charge in [0.25, 0.3) is 0 Å². The van der Waals surface area contributed by atoms with E-state index in [1.807, 2.05) is 0 Å². The highest BCUT2D eigenvalue weighted by atomic mass is 19.1. The maximum atomic E-state index is 13.4. The lowest BCUT2D eigenvalue weighted by atomic mass is 9.72. The fraction of sp³-hybridized carbons (Fsp3) is 1.00. The van der Waals surface area contributed by atoms with Crippen LogP contribution in [-0.4, -0.2) is 19.3 Å². The maximum Gasteiger partial charge on any atom is 0.119 e. The van der Waals surface area contributed by atoms with Crippen LogP contribution in [0, 0.1) is 5.41 Å². The Balaban J connectivity index is 2.06. The molecule has 1 atom stereocenters. The quantitative estimate of drug-likeness (QED) is 0.566. The zero-order valence-corrected chi connectivity index (χ0v) is 6.91. The highest BCUT2D eigenvalue weighted by Crippen LogP contribution is 2.42. The average Bonchev–Trinajstić information content (AvgIpc) is 2.36. The zero-order chi connectivity index (χ0) is 7.73. The molecule has 1 unspecified atom stereocenters. The summed E-state index contributed by atoms with van der Waals surface area (Å²) in [5.41, 5.74) is 0.0538. The Morgan fingerprint density at radius 3 is 2.45 bits per heavy atom. The van der Waals surface area contributed by atoms with Gasteiger partial charge in [-0.15, -0.1) is 0 Å². The van der Waals surface area contributed by atoms with Gasteiger partial charge >= 0.3 is 0 Å². The van der Waals surface area contributed by atoms with Gasteiger partial charge in [0.2, 0.25) is 0 Å². The number of hydrogen-bond acceptors (Lipinski definition) is 1. The van der Waals surface area contributed by atoms with Crippen molar-refractivity contribution in [1.82, 2.24) is 5.32 Å². The first-order chi connectivity index (χ1) is 5.33. The van der Waals surface area contributed by atoms with Gasteiger partial charge in [0.1, 0.15) is 6.17 Å². The van der Waals surface area contributed by atoms with Gasteiger partial charge in [-0.05, 0) is 12.8 Å². The van der Waals surface area contributed by atoms with Gasteiger partial charge < -0.3 is 5.32 Å². The molecule has 0 aromatic rings. The van der Waals surface area contributed by atoms with Crippen molar-refractivity contribution in [2.24, 2.45) is 5.41 Å². The van der Waals surface area contributed by atoms with Crippen molar-refractivity contribution in [2.75, 3.05) is 13.1 Å². The van der Waals surface area contributed by atoms with Crippen molar-refractivity contribution in [3.8, 4) is 0 Å². The summed E-state index contributed by atoms with van der Waals surface area (Å²) in [6.07, 6.45) is 5.45. The van der Waals surface area contributed by atoms with Crippen LogP contribution in [0.25, 0.3) is 0 Å². The Hall–Kier alpha value is -0.110. The van der Waals surface area contributed by atoms with E-state index in [1.165, 1.54) is 19.3 Å². The van der Waals surface area contributed by atoms with E-state index in [9.17, 15) is 4.39 Å². The molecule has 0 aromatic carbocycles. The van der Waals surface area contributed by atoms with E-state index >= 15 is 0 Å². The molecule has 2 fully saturated rings. The van der Waals surface area contributed by atoms with E-state index in [0.717, 1.165) is 19.4 Å². The molecular weight excluding hydrogens is 141 g/mol. The van der Waals surface area contributed by atoms with Crippen molar-refractivity contribution in [2.45, 2.75) is 38.3 Å². The minimum atomic E-state index is -0.567. The van der Waals surface area contributed by atoms with E-state index in [4.69, 9.17) is 0 Å². The van der Waals surface area contributed by atoms with Crippen molar-refractivity contribution in [1.29, 1.82) is 0 Å². The van der Waals surface area contributed by atoms with Crippen molar-refractivity contribution >= 4 is 0 Å². The number of rotatable bonds is 0. The molecule has 2 rings (SSSR count). The lowest BCUT2D eigenvalue weighted by molar-refractivity contribution is 0.109. The summed E-state index contributed by atoms with van der Waals surface area (Å²) in [5, 5.41) is 3.16. The normalized spacial score (nSPS) is 36.3. The predicted octanol–water partition coefficient (Wildman–Crippen LogP) is 1.88. The van der Waals surface area contributed by atoms with Gasteiger partial charge in [-0.3, -0.25) is 0 Å². The fourth-order valence-corrected chi connectivity index (χ4v) is 2.52. The van der Waals surface area contributed by atoms with E-state index in [-0.39, 0.29) is 5.41 Å². The molecule has 2 heteroatoms. The molecule has 0 radical (unpaired) electrons. The van der Waals surface area contributed by atoms with Crippen LogP contribution in [0.15, 0.2) is 0 Å². The molecule has 1 saturated heterocycles. The minimum absolute atomic E-state index is 0.0538. The standard InChI is InChI=1S/C9H16FN/c10-8-6-11-7-9(8)4-2-1-3-5-9/h8,11H,1-7H2. The largest absolute Gasteiger partial charge is 0.313 e. The molecule has 0 amide bonds. The molecule has 0 bridgehead atoms. The molecular formula is C9H16FN. The lowest BCUT2D eigenvalue weighted by Crippen LogP contribution is -2.33. The molecule has 0 aromatic heterocycles. The third kappa shape index (κ3) is 1.18. The van der Waals surface area contributed by atoms with Crippen LogP contribution in [0.4, 0.5) is 4.39 Å². The monoisotopic (exact) mass is 157 g/mol. The van der Waals surface area contributed by atoms with Gasteiger partial charge in [0.05, 0.1) is 0 Å². The summed E-state index contributed by atoms with van der Waals surface area (Å²) in [6.45, 7) is 1.52. The third-order valence-corrected chi connectivity index (χ3v) is 3.31.